The number of esters is 3. The Hall–Kier alpha value is -3.02. The maximum atomic E-state index is 15.7. The molecule has 12 heteroatoms. The quantitative estimate of drug-likeness (QED) is 0.493. The highest BCUT2D eigenvalue weighted by atomic mass is 19.2. The number of hydrogen-bond acceptors (Lipinski definition) is 9. The van der Waals surface area contributed by atoms with Crippen LogP contribution in [0.2, 0.25) is 0 Å². The number of halogens is 1. The van der Waals surface area contributed by atoms with E-state index >= 15 is 4.39 Å². The van der Waals surface area contributed by atoms with Crippen molar-refractivity contribution < 1.29 is 37.7 Å². The van der Waals surface area contributed by atoms with Gasteiger partial charge in [-0.25, -0.2) is 9.36 Å². The molecule has 1 aliphatic heterocycles. The second-order valence-electron chi connectivity index (χ2n) is 5.65. The van der Waals surface area contributed by atoms with Gasteiger partial charge in [-0.05, 0) is 0 Å². The van der Waals surface area contributed by atoms with Gasteiger partial charge in [0, 0.05) is 33.0 Å². The molecule has 1 N–H and O–H groups in total. The summed E-state index contributed by atoms with van der Waals surface area (Å²) in [6, 6.07) is 0.844. The second kappa shape index (κ2) is 7.70. The number of ether oxygens (including phenoxy) is 4. The van der Waals surface area contributed by atoms with Crippen molar-refractivity contribution in [1.82, 2.24) is 9.55 Å². The molecule has 2 heterocycles. The van der Waals surface area contributed by atoms with Crippen LogP contribution in [-0.4, -0.2) is 52.4 Å². The highest BCUT2D eigenvalue weighted by Gasteiger charge is 2.62. The van der Waals surface area contributed by atoms with Crippen molar-refractivity contribution in [3.63, 3.8) is 0 Å². The van der Waals surface area contributed by atoms with E-state index in [1.54, 1.807) is 0 Å². The number of aromatic amines is 1. The normalized spacial score (nSPS) is 27.0. The highest BCUT2D eigenvalue weighted by Crippen LogP contribution is 2.40. The summed E-state index contributed by atoms with van der Waals surface area (Å²) in [7, 11) is 0. The van der Waals surface area contributed by atoms with Gasteiger partial charge in [0.2, 0.25) is 6.10 Å². The van der Waals surface area contributed by atoms with Crippen LogP contribution in [-0.2, 0) is 39.3 Å². The highest BCUT2D eigenvalue weighted by molar-refractivity contribution is 5.68. The number of H-pyrrole nitrogens is 1. The van der Waals surface area contributed by atoms with Crippen LogP contribution in [0.5, 0.6) is 0 Å². The molecule has 27 heavy (non-hydrogen) atoms. The fraction of sp³-hybridized carbons (Fsp3) is 0.533. The fourth-order valence-electron chi connectivity index (χ4n) is 2.57. The summed E-state index contributed by atoms with van der Waals surface area (Å²) in [5, 5.41) is 0. The van der Waals surface area contributed by atoms with E-state index in [9.17, 15) is 24.0 Å². The number of alkyl halides is 1. The summed E-state index contributed by atoms with van der Waals surface area (Å²) in [6.45, 7) is 2.54. The van der Waals surface area contributed by atoms with Gasteiger partial charge >= 0.3 is 29.6 Å². The van der Waals surface area contributed by atoms with Crippen molar-refractivity contribution in [3.8, 4) is 0 Å². The minimum atomic E-state index is -3.14. The van der Waals surface area contributed by atoms with E-state index in [0.29, 0.717) is 4.57 Å². The Kier molecular flexibility index (Phi) is 5.78. The Labute approximate surface area is 151 Å². The average Bonchev–Trinajstić information content (AvgIpc) is 2.77. The average molecular weight is 388 g/mol. The SMILES string of the molecule is CC(=O)OC[C@H]1O[C@@](F)(n2ccc(=O)[nH]c2=O)[C@H](OC(C)=O)[C@@H]1OC(C)=O. The Balaban J connectivity index is 2.53. The summed E-state index contributed by atoms with van der Waals surface area (Å²) in [6.07, 6.45) is -4.06. The largest absolute Gasteiger partial charge is 0.463 e. The van der Waals surface area contributed by atoms with Crippen molar-refractivity contribution in [2.75, 3.05) is 6.61 Å². The van der Waals surface area contributed by atoms with Gasteiger partial charge in [-0.3, -0.25) is 24.2 Å². The molecular weight excluding hydrogens is 371 g/mol. The van der Waals surface area contributed by atoms with Crippen LogP contribution in [0.3, 0.4) is 0 Å². The Morgan fingerprint density at radius 3 is 2.33 bits per heavy atom. The molecule has 0 amide bonds. The zero-order valence-electron chi connectivity index (χ0n) is 14.6. The molecule has 1 aliphatic rings. The molecule has 11 nitrogen and oxygen atoms in total. The lowest BCUT2D eigenvalue weighted by atomic mass is 10.1. The van der Waals surface area contributed by atoms with Crippen molar-refractivity contribution >= 4 is 17.9 Å². The van der Waals surface area contributed by atoms with Crippen molar-refractivity contribution in [1.29, 1.82) is 0 Å². The first-order chi connectivity index (χ1) is 12.5. The summed E-state index contributed by atoms with van der Waals surface area (Å²) >= 11 is 0. The van der Waals surface area contributed by atoms with Gasteiger partial charge in [0.1, 0.15) is 12.7 Å². The van der Waals surface area contributed by atoms with Crippen LogP contribution >= 0.6 is 0 Å². The first-order valence-electron chi connectivity index (χ1n) is 7.71. The number of carbonyl (C=O) groups is 3. The molecule has 0 unspecified atom stereocenters. The predicted octanol–water partition coefficient (Wildman–Crippen LogP) is -1.06. The van der Waals surface area contributed by atoms with Gasteiger partial charge in [0.15, 0.2) is 6.10 Å². The summed E-state index contributed by atoms with van der Waals surface area (Å²) in [4.78, 5) is 59.0. The van der Waals surface area contributed by atoms with E-state index in [1.165, 1.54) is 0 Å². The molecule has 1 aromatic heterocycles. The van der Waals surface area contributed by atoms with E-state index in [0.717, 1.165) is 33.0 Å². The first kappa shape index (κ1) is 20.3. The molecule has 1 fully saturated rings. The molecule has 0 saturated carbocycles. The summed E-state index contributed by atoms with van der Waals surface area (Å²) in [5.41, 5.74) is -1.99. The number of nitrogens with zero attached hydrogens (tertiary/aromatic N) is 1. The van der Waals surface area contributed by atoms with E-state index in [1.807, 2.05) is 4.98 Å². The molecule has 148 valence electrons. The standard InChI is InChI=1S/C15H17FN2O9/c1-7(19)24-6-10-12(25-8(2)20)13(26-9(3)21)15(16,27-10)18-5-4-11(22)17-14(18)23/h4-5,10,12-13H,6H2,1-3H3,(H,17,22,23)/t10-,12-,13-,15+/m1/s1. The molecule has 1 aromatic rings. The molecule has 1 saturated heterocycles. The number of carbonyl (C=O) groups excluding carboxylic acids is 3. The van der Waals surface area contributed by atoms with Crippen LogP contribution in [0.1, 0.15) is 20.8 Å². The third kappa shape index (κ3) is 4.39. The summed E-state index contributed by atoms with van der Waals surface area (Å²) in [5.74, 6) is -5.67. The number of rotatable bonds is 5. The van der Waals surface area contributed by atoms with E-state index in [4.69, 9.17) is 18.9 Å². The van der Waals surface area contributed by atoms with Crippen molar-refractivity contribution in [3.05, 3.63) is 33.1 Å². The van der Waals surface area contributed by atoms with Gasteiger partial charge in [-0.2, -0.15) is 4.39 Å². The Bertz CT molecular complexity index is 863. The predicted molar refractivity (Wildman–Crippen MR) is 83.0 cm³/mol. The van der Waals surface area contributed by atoms with E-state index < -0.39 is 60.1 Å². The number of nitrogens with one attached hydrogen (secondary N) is 1. The third-order valence-corrected chi connectivity index (χ3v) is 3.53. The van der Waals surface area contributed by atoms with Gasteiger partial charge < -0.3 is 18.9 Å². The smallest absolute Gasteiger partial charge is 0.339 e. The van der Waals surface area contributed by atoms with E-state index in [-0.39, 0.29) is 0 Å². The summed E-state index contributed by atoms with van der Waals surface area (Å²) < 4.78 is 35.9. The van der Waals surface area contributed by atoms with Gasteiger partial charge in [-0.15, -0.1) is 0 Å². The lowest BCUT2D eigenvalue weighted by Crippen LogP contribution is -2.50. The molecule has 0 radical (unpaired) electrons. The maximum absolute atomic E-state index is 15.7. The van der Waals surface area contributed by atoms with Gasteiger partial charge in [0.05, 0.1) is 0 Å². The zero-order valence-corrected chi connectivity index (χ0v) is 14.6. The first-order valence-corrected chi connectivity index (χ1v) is 7.71. The lowest BCUT2D eigenvalue weighted by Gasteiger charge is -2.28. The van der Waals surface area contributed by atoms with Crippen LogP contribution in [0, 0.1) is 0 Å². The lowest BCUT2D eigenvalue weighted by molar-refractivity contribution is -0.247. The van der Waals surface area contributed by atoms with Crippen LogP contribution in [0.15, 0.2) is 21.9 Å². The van der Waals surface area contributed by atoms with Crippen LogP contribution in [0.25, 0.3) is 0 Å². The number of aromatic nitrogens is 2. The molecule has 0 bridgehead atoms. The van der Waals surface area contributed by atoms with E-state index in [2.05, 4.69) is 0 Å². The van der Waals surface area contributed by atoms with Crippen LogP contribution in [0.4, 0.5) is 4.39 Å². The monoisotopic (exact) mass is 388 g/mol. The van der Waals surface area contributed by atoms with Gasteiger partial charge in [-0.1, -0.05) is 0 Å². The molecule has 2 rings (SSSR count). The van der Waals surface area contributed by atoms with Crippen molar-refractivity contribution in [2.24, 2.45) is 0 Å². The Morgan fingerprint density at radius 1 is 1.19 bits per heavy atom. The van der Waals surface area contributed by atoms with Crippen LogP contribution < -0.4 is 11.2 Å². The minimum Gasteiger partial charge on any atom is -0.463 e. The zero-order chi connectivity index (χ0) is 20.4. The van der Waals surface area contributed by atoms with Gasteiger partial charge in [0.25, 0.3) is 5.56 Å². The molecule has 0 spiro atoms. The second-order valence-corrected chi connectivity index (χ2v) is 5.65. The molecule has 0 aliphatic carbocycles. The fourth-order valence-corrected chi connectivity index (χ4v) is 2.57. The number of hydrogen-bond donors (Lipinski definition) is 1. The molecule has 0 aromatic carbocycles. The minimum absolute atomic E-state index is 0.340. The molecular formula is C15H17FN2O9. The molecule has 4 atom stereocenters. The Morgan fingerprint density at radius 2 is 1.81 bits per heavy atom. The van der Waals surface area contributed by atoms with Crippen molar-refractivity contribution in [2.45, 2.75) is 45.1 Å². The topological polar surface area (TPSA) is 143 Å². The maximum Gasteiger partial charge on any atom is 0.339 e. The third-order valence-electron chi connectivity index (χ3n) is 3.53.